The molecule has 0 atom stereocenters. The van der Waals surface area contributed by atoms with Crippen molar-refractivity contribution in [2.45, 2.75) is 0 Å². The molecule has 0 nitrogen and oxygen atoms in total. The van der Waals surface area contributed by atoms with Crippen LogP contribution in [-0.2, 0) is 58.9 Å². The Hall–Kier alpha value is 4.01. The van der Waals surface area contributed by atoms with Gasteiger partial charge in [-0.25, -0.2) is 0 Å². The summed E-state index contributed by atoms with van der Waals surface area (Å²) in [5.41, 5.74) is 0. The Kier molecular flexibility index (Phi) is 96.3. The van der Waals surface area contributed by atoms with E-state index in [1.54, 1.807) is 0 Å². The monoisotopic (exact) mass is 247 g/mol. The molecule has 0 fully saturated rings. The zero-order valence-corrected chi connectivity index (χ0v) is 11.4. The summed E-state index contributed by atoms with van der Waals surface area (Å²) in [6.45, 7) is 0. The first-order valence-corrected chi connectivity index (χ1v) is 0. The van der Waals surface area contributed by atoms with Crippen molar-refractivity contribution in [2.24, 2.45) is 0 Å². The van der Waals surface area contributed by atoms with Gasteiger partial charge in [-0.3, -0.25) is 0 Å². The summed E-state index contributed by atoms with van der Waals surface area (Å²) in [6.07, 6.45) is 0. The van der Waals surface area contributed by atoms with Crippen LogP contribution >= 0.6 is 0 Å². The Bertz CT molecular complexity index is 16.0. The normalized spacial score (nSPS) is 0. The fraction of sp³-hybridized carbons (Fsp3) is 0. The van der Waals surface area contributed by atoms with E-state index in [9.17, 15) is 0 Å². The average Bonchev–Trinajstić information content (AvgIpc) is 0. The van der Waals surface area contributed by atoms with Crippen molar-refractivity contribution in [3.63, 3.8) is 0 Å². The minimum Gasteiger partial charge on any atom is -1.00 e. The molecule has 0 aliphatic carbocycles. The molecule has 0 aromatic carbocycles. The first-order chi connectivity index (χ1) is 0. The standard InChI is InChI=1S/Ca.Mg.Y.Zr.4H/q2*+2;;;4*-1. The molecule has 4 heavy (non-hydrogen) atoms. The Balaban J connectivity index is 0. The van der Waals surface area contributed by atoms with Crippen LogP contribution < -0.4 is 0 Å². The van der Waals surface area contributed by atoms with Crippen molar-refractivity contribution in [1.29, 1.82) is 0 Å². The van der Waals surface area contributed by atoms with E-state index >= 15 is 0 Å². The van der Waals surface area contributed by atoms with E-state index in [4.69, 9.17) is 0 Å². The molecule has 0 aliphatic heterocycles. The van der Waals surface area contributed by atoms with Crippen molar-refractivity contribution in [2.75, 3.05) is 0 Å². The summed E-state index contributed by atoms with van der Waals surface area (Å²) < 4.78 is 0. The maximum atomic E-state index is 0. The van der Waals surface area contributed by atoms with Crippen molar-refractivity contribution in [3.05, 3.63) is 0 Å². The van der Waals surface area contributed by atoms with Gasteiger partial charge >= 0.3 is 60.8 Å². The molecule has 4 heteroatoms. The minimum absolute atomic E-state index is 0. The van der Waals surface area contributed by atoms with Gasteiger partial charge < -0.3 is 5.71 Å². The van der Waals surface area contributed by atoms with Crippen LogP contribution in [0.1, 0.15) is 5.71 Å². The quantitative estimate of drug-likeness (QED) is 0.516. The van der Waals surface area contributed by atoms with Gasteiger partial charge in [-0.2, -0.15) is 0 Å². The minimum atomic E-state index is 0. The Morgan fingerprint density at radius 3 is 1.25 bits per heavy atom. The predicted octanol–water partition coefficient (Wildman–Crippen LogP) is -0.317. The van der Waals surface area contributed by atoms with Crippen molar-refractivity contribution < 1.29 is 64.6 Å². The van der Waals surface area contributed by atoms with E-state index in [-0.39, 0.29) is 125 Å². The van der Waals surface area contributed by atoms with Crippen molar-refractivity contribution in [1.82, 2.24) is 0 Å². The fourth-order valence-electron chi connectivity index (χ4n) is 0. The first kappa shape index (κ1) is 24.5. The van der Waals surface area contributed by atoms with Gasteiger partial charge in [-0.15, -0.1) is 0 Å². The topological polar surface area (TPSA) is 0 Å². The fourth-order valence-corrected chi connectivity index (χ4v) is 0. The molecule has 0 bridgehead atoms. The first-order valence-electron chi connectivity index (χ1n) is 0. The largest absolute Gasteiger partial charge is 2.00 e. The van der Waals surface area contributed by atoms with E-state index in [2.05, 4.69) is 0 Å². The molecular weight excluding hydrogens is 245 g/mol. The number of rotatable bonds is 0. The molecule has 0 rings (SSSR count). The van der Waals surface area contributed by atoms with Gasteiger partial charge in [0, 0.05) is 58.9 Å². The van der Waals surface area contributed by atoms with Gasteiger partial charge in [0.1, 0.15) is 0 Å². The third-order valence-corrected chi connectivity index (χ3v) is 0. The molecule has 1 radical (unpaired) electrons. The van der Waals surface area contributed by atoms with E-state index in [0.717, 1.165) is 0 Å². The van der Waals surface area contributed by atoms with Gasteiger partial charge in [0.2, 0.25) is 0 Å². The van der Waals surface area contributed by atoms with Gasteiger partial charge in [0.05, 0.1) is 0 Å². The van der Waals surface area contributed by atoms with Gasteiger partial charge in [0.15, 0.2) is 0 Å². The van der Waals surface area contributed by atoms with E-state index in [0.29, 0.717) is 0 Å². The molecule has 0 amide bonds. The van der Waals surface area contributed by atoms with E-state index < -0.39 is 0 Å². The number of hydrogen-bond acceptors (Lipinski definition) is 0. The van der Waals surface area contributed by atoms with Crippen LogP contribution in [0.5, 0.6) is 0 Å². The smallest absolute Gasteiger partial charge is 1.00 e. The van der Waals surface area contributed by atoms with Crippen molar-refractivity contribution >= 4 is 60.8 Å². The van der Waals surface area contributed by atoms with Crippen molar-refractivity contribution in [3.8, 4) is 0 Å². The van der Waals surface area contributed by atoms with Crippen LogP contribution in [0.15, 0.2) is 0 Å². The molecule has 0 spiro atoms. The van der Waals surface area contributed by atoms with Gasteiger partial charge in [-0.05, 0) is 0 Å². The molecule has 0 aromatic rings. The molecule has 0 saturated carbocycles. The maximum absolute atomic E-state index is 0. The molecular formula is H4CaMgYZr. The summed E-state index contributed by atoms with van der Waals surface area (Å²) in [6, 6.07) is 0. The summed E-state index contributed by atoms with van der Waals surface area (Å²) in [4.78, 5) is 0. The summed E-state index contributed by atoms with van der Waals surface area (Å²) in [5.74, 6) is 0. The Morgan fingerprint density at radius 2 is 1.25 bits per heavy atom. The second-order valence-corrected chi connectivity index (χ2v) is 0. The van der Waals surface area contributed by atoms with Crippen LogP contribution in [0.4, 0.5) is 0 Å². The van der Waals surface area contributed by atoms with Gasteiger partial charge in [-0.1, -0.05) is 0 Å². The SMILES string of the molecule is [Ca+2].[H-].[H-].[H-].[H-].[Mg+2].[Y].[Zr]. The van der Waals surface area contributed by atoms with Crippen LogP contribution in [0, 0.1) is 0 Å². The molecule has 0 aliphatic rings. The maximum Gasteiger partial charge on any atom is 2.00 e. The molecule has 15 valence electrons. The predicted molar refractivity (Wildman–Crippen MR) is 16.0 cm³/mol. The second kappa shape index (κ2) is 15.7. The van der Waals surface area contributed by atoms with E-state index in [1.807, 2.05) is 0 Å². The molecule has 0 aromatic heterocycles. The molecule has 0 unspecified atom stereocenters. The number of hydrogen-bond donors (Lipinski definition) is 0. The van der Waals surface area contributed by atoms with Crippen LogP contribution in [0.25, 0.3) is 0 Å². The molecule has 0 N–H and O–H groups in total. The summed E-state index contributed by atoms with van der Waals surface area (Å²) >= 11 is 0. The van der Waals surface area contributed by atoms with Gasteiger partial charge in [0.25, 0.3) is 0 Å². The zero-order chi connectivity index (χ0) is 0. The average molecular weight is 249 g/mol. The van der Waals surface area contributed by atoms with Crippen LogP contribution in [0.2, 0.25) is 0 Å². The third kappa shape index (κ3) is 9.38. The third-order valence-electron chi connectivity index (χ3n) is 0. The molecule has 0 saturated heterocycles. The van der Waals surface area contributed by atoms with Crippen LogP contribution in [-0.4, -0.2) is 60.8 Å². The Morgan fingerprint density at radius 1 is 1.25 bits per heavy atom. The van der Waals surface area contributed by atoms with E-state index in [1.165, 1.54) is 0 Å². The summed E-state index contributed by atoms with van der Waals surface area (Å²) in [7, 11) is 0. The summed E-state index contributed by atoms with van der Waals surface area (Å²) in [5, 5.41) is 0. The Labute approximate surface area is 122 Å². The van der Waals surface area contributed by atoms with Crippen LogP contribution in [0.3, 0.4) is 0 Å². The zero-order valence-electron chi connectivity index (χ0n) is 6.49. The second-order valence-electron chi connectivity index (χ2n) is 0. The molecule has 0 heterocycles.